The molecule has 1 atom stereocenters. The number of piperidine rings is 1. The van der Waals surface area contributed by atoms with Crippen molar-refractivity contribution in [2.45, 2.75) is 25.3 Å². The van der Waals surface area contributed by atoms with Gasteiger partial charge in [-0.25, -0.2) is 0 Å². The van der Waals surface area contributed by atoms with Gasteiger partial charge in [0.1, 0.15) is 0 Å². The molecule has 0 aromatic rings. The molecule has 4 nitrogen and oxygen atoms in total. The molecule has 4 heteroatoms. The third-order valence-corrected chi connectivity index (χ3v) is 3.42. The van der Waals surface area contributed by atoms with Crippen molar-refractivity contribution in [2.75, 3.05) is 39.8 Å². The van der Waals surface area contributed by atoms with Gasteiger partial charge in [-0.05, 0) is 26.4 Å². The van der Waals surface area contributed by atoms with Crippen LogP contribution in [0.15, 0.2) is 0 Å². The van der Waals surface area contributed by atoms with Crippen LogP contribution in [0.1, 0.15) is 19.3 Å². The summed E-state index contributed by atoms with van der Waals surface area (Å²) in [6, 6.07) is 0.0992. The Bertz CT molecular complexity index is 218. The van der Waals surface area contributed by atoms with Crippen LogP contribution in [0.5, 0.6) is 0 Å². The third kappa shape index (κ3) is 2.69. The van der Waals surface area contributed by atoms with Gasteiger partial charge in [0.25, 0.3) is 0 Å². The quantitative estimate of drug-likeness (QED) is 0.658. The van der Waals surface area contributed by atoms with Crippen molar-refractivity contribution in [3.05, 3.63) is 0 Å². The van der Waals surface area contributed by atoms with Gasteiger partial charge >= 0.3 is 0 Å². The molecule has 0 aliphatic carbocycles. The number of piperazine rings is 1. The molecule has 0 aromatic carbocycles. The fourth-order valence-electron chi connectivity index (χ4n) is 2.31. The molecule has 0 radical (unpaired) electrons. The lowest BCUT2D eigenvalue weighted by Gasteiger charge is -2.35. The third-order valence-electron chi connectivity index (χ3n) is 3.42. The predicted molar refractivity (Wildman–Crippen MR) is 59.7 cm³/mol. The molecular weight excluding hydrogens is 190 g/mol. The van der Waals surface area contributed by atoms with Gasteiger partial charge in [-0.3, -0.25) is 4.79 Å². The van der Waals surface area contributed by atoms with E-state index < -0.39 is 0 Å². The van der Waals surface area contributed by atoms with E-state index in [9.17, 15) is 4.79 Å². The molecular formula is C11H21N3O. The van der Waals surface area contributed by atoms with Gasteiger partial charge in [0.05, 0.1) is 6.04 Å². The lowest BCUT2D eigenvalue weighted by molar-refractivity contribution is -0.135. The fourth-order valence-corrected chi connectivity index (χ4v) is 2.31. The summed E-state index contributed by atoms with van der Waals surface area (Å²) in [5.74, 6) is 0.322. The van der Waals surface area contributed by atoms with Crippen LogP contribution >= 0.6 is 0 Å². The molecule has 0 unspecified atom stereocenters. The SMILES string of the molecule is CN1CCN(C(=O)[C@H]2CCCCN2)CC1. The Hall–Kier alpha value is -0.610. The van der Waals surface area contributed by atoms with Crippen molar-refractivity contribution in [3.63, 3.8) is 0 Å². The fraction of sp³-hybridized carbons (Fsp3) is 0.909. The highest BCUT2D eigenvalue weighted by molar-refractivity contribution is 5.82. The highest BCUT2D eigenvalue weighted by Gasteiger charge is 2.27. The number of carbonyl (C=O) groups is 1. The van der Waals surface area contributed by atoms with E-state index in [1.54, 1.807) is 0 Å². The summed E-state index contributed by atoms with van der Waals surface area (Å²) in [7, 11) is 2.11. The molecule has 15 heavy (non-hydrogen) atoms. The van der Waals surface area contributed by atoms with Gasteiger partial charge in [0.15, 0.2) is 0 Å². The minimum atomic E-state index is 0.0992. The standard InChI is InChI=1S/C11H21N3O/c1-13-6-8-14(9-7-13)11(15)10-4-2-3-5-12-10/h10,12H,2-9H2,1H3/t10-/m1/s1. The Kier molecular flexibility index (Phi) is 3.59. The number of hydrogen-bond acceptors (Lipinski definition) is 3. The van der Waals surface area contributed by atoms with Gasteiger partial charge in [-0.15, -0.1) is 0 Å². The molecule has 0 spiro atoms. The van der Waals surface area contributed by atoms with Crippen LogP contribution in [0.2, 0.25) is 0 Å². The molecule has 2 heterocycles. The molecule has 0 bridgehead atoms. The molecule has 2 aliphatic heterocycles. The van der Waals surface area contributed by atoms with E-state index in [1.165, 1.54) is 12.8 Å². The number of carbonyl (C=O) groups excluding carboxylic acids is 1. The Labute approximate surface area is 91.6 Å². The maximum atomic E-state index is 12.1. The molecule has 0 aromatic heterocycles. The second-order valence-corrected chi connectivity index (χ2v) is 4.63. The number of rotatable bonds is 1. The summed E-state index contributed by atoms with van der Waals surface area (Å²) in [6.07, 6.45) is 3.43. The van der Waals surface area contributed by atoms with E-state index in [0.717, 1.165) is 39.1 Å². The van der Waals surface area contributed by atoms with Crippen LogP contribution in [-0.4, -0.2) is 61.5 Å². The lowest BCUT2D eigenvalue weighted by atomic mass is 10.0. The first-order valence-electron chi connectivity index (χ1n) is 5.98. The van der Waals surface area contributed by atoms with Gasteiger partial charge in [-0.1, -0.05) is 6.42 Å². The van der Waals surface area contributed by atoms with Crippen LogP contribution in [0.25, 0.3) is 0 Å². The summed E-state index contributed by atoms with van der Waals surface area (Å²) in [5, 5.41) is 3.32. The zero-order chi connectivity index (χ0) is 10.7. The molecule has 2 aliphatic rings. The Balaban J connectivity index is 1.84. The maximum Gasteiger partial charge on any atom is 0.239 e. The van der Waals surface area contributed by atoms with Crippen molar-refractivity contribution < 1.29 is 4.79 Å². The monoisotopic (exact) mass is 211 g/mol. The van der Waals surface area contributed by atoms with E-state index in [4.69, 9.17) is 0 Å². The maximum absolute atomic E-state index is 12.1. The van der Waals surface area contributed by atoms with Gasteiger partial charge in [0, 0.05) is 26.2 Å². The molecule has 1 amide bonds. The second kappa shape index (κ2) is 4.94. The Morgan fingerprint density at radius 3 is 2.53 bits per heavy atom. The van der Waals surface area contributed by atoms with Crippen LogP contribution < -0.4 is 5.32 Å². The molecule has 2 fully saturated rings. The number of likely N-dealkylation sites (N-methyl/N-ethyl adjacent to an activating group) is 1. The highest BCUT2D eigenvalue weighted by atomic mass is 16.2. The van der Waals surface area contributed by atoms with E-state index in [0.29, 0.717) is 5.91 Å². The highest BCUT2D eigenvalue weighted by Crippen LogP contribution is 2.11. The zero-order valence-electron chi connectivity index (χ0n) is 9.54. The Morgan fingerprint density at radius 2 is 1.93 bits per heavy atom. The Morgan fingerprint density at radius 1 is 1.20 bits per heavy atom. The van der Waals surface area contributed by atoms with Crippen LogP contribution in [-0.2, 0) is 4.79 Å². The first-order chi connectivity index (χ1) is 7.27. The summed E-state index contributed by atoms with van der Waals surface area (Å²) < 4.78 is 0. The molecule has 2 rings (SSSR count). The number of amides is 1. The summed E-state index contributed by atoms with van der Waals surface area (Å²) in [6.45, 7) is 4.82. The molecule has 1 N–H and O–H groups in total. The second-order valence-electron chi connectivity index (χ2n) is 4.63. The van der Waals surface area contributed by atoms with Crippen LogP contribution in [0.3, 0.4) is 0 Å². The number of nitrogens with one attached hydrogen (secondary N) is 1. The van der Waals surface area contributed by atoms with Crippen molar-refractivity contribution in [3.8, 4) is 0 Å². The van der Waals surface area contributed by atoms with E-state index in [1.807, 2.05) is 4.90 Å². The minimum Gasteiger partial charge on any atom is -0.339 e. The van der Waals surface area contributed by atoms with Crippen molar-refractivity contribution in [1.29, 1.82) is 0 Å². The van der Waals surface area contributed by atoms with Crippen molar-refractivity contribution in [1.82, 2.24) is 15.1 Å². The average Bonchev–Trinajstić information content (AvgIpc) is 2.30. The van der Waals surface area contributed by atoms with Gasteiger partial charge in [0.2, 0.25) is 5.91 Å². The van der Waals surface area contributed by atoms with E-state index >= 15 is 0 Å². The van der Waals surface area contributed by atoms with E-state index in [2.05, 4.69) is 17.3 Å². The smallest absolute Gasteiger partial charge is 0.239 e. The molecule has 2 saturated heterocycles. The summed E-state index contributed by atoms with van der Waals surface area (Å²) in [5.41, 5.74) is 0. The number of nitrogens with zero attached hydrogens (tertiary/aromatic N) is 2. The van der Waals surface area contributed by atoms with Crippen molar-refractivity contribution in [2.24, 2.45) is 0 Å². The van der Waals surface area contributed by atoms with Crippen LogP contribution in [0, 0.1) is 0 Å². The largest absolute Gasteiger partial charge is 0.339 e. The lowest BCUT2D eigenvalue weighted by Crippen LogP contribution is -2.54. The summed E-state index contributed by atoms with van der Waals surface area (Å²) >= 11 is 0. The normalized spacial score (nSPS) is 29.1. The summed E-state index contributed by atoms with van der Waals surface area (Å²) in [4.78, 5) is 16.4. The zero-order valence-corrected chi connectivity index (χ0v) is 9.54. The van der Waals surface area contributed by atoms with Gasteiger partial charge in [-0.2, -0.15) is 0 Å². The molecule has 86 valence electrons. The van der Waals surface area contributed by atoms with Gasteiger partial charge < -0.3 is 15.1 Å². The first kappa shape index (κ1) is 10.9. The topological polar surface area (TPSA) is 35.6 Å². The number of hydrogen-bond donors (Lipinski definition) is 1. The predicted octanol–water partition coefficient (Wildman–Crippen LogP) is -0.0975. The van der Waals surface area contributed by atoms with E-state index in [-0.39, 0.29) is 6.04 Å². The van der Waals surface area contributed by atoms with Crippen molar-refractivity contribution >= 4 is 5.91 Å². The minimum absolute atomic E-state index is 0.0992. The van der Waals surface area contributed by atoms with Crippen LogP contribution in [0.4, 0.5) is 0 Å². The molecule has 0 saturated carbocycles. The average molecular weight is 211 g/mol. The first-order valence-corrected chi connectivity index (χ1v) is 5.98.